The molecule has 2 aliphatic carbocycles. The Morgan fingerprint density at radius 3 is 1.71 bits per heavy atom. The topological polar surface area (TPSA) is 43.6 Å². The maximum absolute atomic E-state index is 5.49. The van der Waals surface area contributed by atoms with Crippen LogP contribution in [0.5, 0.6) is 0 Å². The van der Waals surface area contributed by atoms with Gasteiger partial charge in [0.05, 0.1) is 16.4 Å². The molecule has 292 valence electrons. The molecule has 0 saturated heterocycles. The summed E-state index contributed by atoms with van der Waals surface area (Å²) in [5, 5.41) is 4.84. The van der Waals surface area contributed by atoms with E-state index < -0.39 is 5.41 Å². The van der Waals surface area contributed by atoms with E-state index in [1.807, 2.05) is 29.5 Å². The number of nitrogens with zero attached hydrogens (tertiary/aromatic N) is 4. The first-order chi connectivity index (χ1) is 31.3. The molecule has 4 nitrogen and oxygen atoms in total. The Balaban J connectivity index is 1.06. The molecule has 0 amide bonds. The molecule has 0 atom stereocenters. The van der Waals surface area contributed by atoms with Crippen LogP contribution < -0.4 is 0 Å². The highest BCUT2D eigenvalue weighted by Crippen LogP contribution is 2.64. The number of fused-ring (bicyclic) bond motifs is 17. The minimum Gasteiger partial charge on any atom is -0.277 e. The SMILES string of the molecule is c1ccc(-c2nc(-c3ccc4c(c3)sc3cccc(-c5ccccc5)c34)nc(-n3c4ccccc4c4ccc5c(c43)-c3ccccc3C53c4ccccc4-c4ccccc43)n2)cc1. The van der Waals surface area contributed by atoms with Crippen LogP contribution in [0, 0.1) is 0 Å². The second kappa shape index (κ2) is 13.0. The third-order valence-electron chi connectivity index (χ3n) is 13.5. The average Bonchev–Trinajstić information content (AvgIpc) is 4.08. The average molecular weight is 819 g/mol. The third kappa shape index (κ3) is 4.72. The molecule has 9 aromatic carbocycles. The summed E-state index contributed by atoms with van der Waals surface area (Å²) in [5.74, 6) is 1.86. The van der Waals surface area contributed by atoms with Crippen LogP contribution in [0.15, 0.2) is 206 Å². The van der Waals surface area contributed by atoms with Gasteiger partial charge in [-0.2, -0.15) is 9.97 Å². The van der Waals surface area contributed by atoms with Gasteiger partial charge in [-0.3, -0.25) is 4.57 Å². The van der Waals surface area contributed by atoms with E-state index in [0.29, 0.717) is 17.6 Å². The minimum atomic E-state index is -0.478. The van der Waals surface area contributed by atoms with E-state index in [1.54, 1.807) is 0 Å². The molecule has 0 fully saturated rings. The van der Waals surface area contributed by atoms with E-state index in [9.17, 15) is 0 Å². The fourth-order valence-electron chi connectivity index (χ4n) is 11.0. The van der Waals surface area contributed by atoms with Crippen molar-refractivity contribution in [2.24, 2.45) is 0 Å². The van der Waals surface area contributed by atoms with E-state index in [-0.39, 0.29) is 0 Å². The van der Waals surface area contributed by atoms with Crippen molar-refractivity contribution in [2.45, 2.75) is 5.41 Å². The van der Waals surface area contributed by atoms with Crippen LogP contribution in [0.1, 0.15) is 22.3 Å². The molecular weight excluding hydrogens is 785 g/mol. The maximum Gasteiger partial charge on any atom is 0.238 e. The van der Waals surface area contributed by atoms with E-state index in [0.717, 1.165) is 27.5 Å². The standard InChI is InChI=1S/C58H34N4S/c1-3-16-35(17-4-1)38-24-15-29-50-52(38)44-31-30-37(34-51(44)63-50)56-59-55(36-18-5-2-6-19-36)60-57(61-56)62-49-28-14-10-22-41(49)42-32-33-48-53(54(42)62)43-23-9-13-27-47(43)58(48)45-25-11-7-20-39(45)40-21-8-12-26-46(40)58/h1-34H. The summed E-state index contributed by atoms with van der Waals surface area (Å²) in [7, 11) is 0. The molecule has 63 heavy (non-hydrogen) atoms. The predicted molar refractivity (Wildman–Crippen MR) is 260 cm³/mol. The molecule has 0 saturated carbocycles. The highest BCUT2D eigenvalue weighted by molar-refractivity contribution is 7.26. The summed E-state index contributed by atoms with van der Waals surface area (Å²) in [5.41, 5.74) is 16.3. The lowest BCUT2D eigenvalue weighted by Gasteiger charge is -2.30. The van der Waals surface area contributed by atoms with Gasteiger partial charge in [-0.05, 0) is 68.3 Å². The molecule has 0 radical (unpaired) electrons. The van der Waals surface area contributed by atoms with Crippen molar-refractivity contribution < 1.29 is 0 Å². The number of benzene rings is 9. The van der Waals surface area contributed by atoms with Crippen molar-refractivity contribution in [2.75, 3.05) is 0 Å². The lowest BCUT2D eigenvalue weighted by molar-refractivity contribution is 0.794. The van der Waals surface area contributed by atoms with E-state index in [4.69, 9.17) is 15.0 Å². The number of para-hydroxylation sites is 1. The zero-order valence-corrected chi connectivity index (χ0v) is 34.6. The van der Waals surface area contributed by atoms with Crippen LogP contribution in [-0.2, 0) is 5.41 Å². The fourth-order valence-corrected chi connectivity index (χ4v) is 12.1. The Hall–Kier alpha value is -7.99. The molecule has 5 heteroatoms. The zero-order valence-electron chi connectivity index (χ0n) is 33.8. The Labute approximate surface area is 367 Å². The van der Waals surface area contributed by atoms with Gasteiger partial charge in [0.15, 0.2) is 11.6 Å². The molecule has 3 heterocycles. The molecule has 12 aromatic rings. The number of hydrogen-bond acceptors (Lipinski definition) is 4. The number of rotatable bonds is 4. The normalized spacial score (nSPS) is 13.2. The van der Waals surface area contributed by atoms with Crippen LogP contribution in [-0.4, -0.2) is 19.5 Å². The molecule has 2 aliphatic rings. The molecule has 3 aromatic heterocycles. The van der Waals surface area contributed by atoms with Gasteiger partial charge in [0.2, 0.25) is 5.95 Å². The summed E-state index contributed by atoms with van der Waals surface area (Å²) in [6, 6.07) is 74.7. The van der Waals surface area contributed by atoms with E-state index in [2.05, 4.69) is 193 Å². The van der Waals surface area contributed by atoms with Gasteiger partial charge in [0, 0.05) is 47.6 Å². The first-order valence-electron chi connectivity index (χ1n) is 21.4. The first-order valence-corrected chi connectivity index (χ1v) is 22.3. The van der Waals surface area contributed by atoms with Crippen LogP contribution in [0.2, 0.25) is 0 Å². The molecule has 0 aliphatic heterocycles. The van der Waals surface area contributed by atoms with Crippen LogP contribution in [0.4, 0.5) is 0 Å². The smallest absolute Gasteiger partial charge is 0.238 e. The Kier molecular flexibility index (Phi) is 7.16. The van der Waals surface area contributed by atoms with Crippen molar-refractivity contribution in [3.63, 3.8) is 0 Å². The van der Waals surface area contributed by atoms with Gasteiger partial charge in [0.25, 0.3) is 0 Å². The van der Waals surface area contributed by atoms with Crippen molar-refractivity contribution in [1.82, 2.24) is 19.5 Å². The lowest BCUT2D eigenvalue weighted by Crippen LogP contribution is -2.25. The van der Waals surface area contributed by atoms with Gasteiger partial charge >= 0.3 is 0 Å². The predicted octanol–water partition coefficient (Wildman–Crippen LogP) is 14.7. The number of hydrogen-bond donors (Lipinski definition) is 0. The number of aromatic nitrogens is 4. The maximum atomic E-state index is 5.49. The second-order valence-corrected chi connectivity index (χ2v) is 17.7. The third-order valence-corrected chi connectivity index (χ3v) is 14.6. The van der Waals surface area contributed by atoms with E-state index in [1.165, 1.54) is 81.2 Å². The van der Waals surface area contributed by atoms with Crippen molar-refractivity contribution in [3.8, 4) is 62.1 Å². The lowest BCUT2D eigenvalue weighted by atomic mass is 9.70. The van der Waals surface area contributed by atoms with Gasteiger partial charge in [-0.1, -0.05) is 188 Å². The van der Waals surface area contributed by atoms with Crippen molar-refractivity contribution in [1.29, 1.82) is 0 Å². The van der Waals surface area contributed by atoms with Crippen LogP contribution >= 0.6 is 11.3 Å². The summed E-state index contributed by atoms with van der Waals surface area (Å²) in [4.78, 5) is 16.1. The summed E-state index contributed by atoms with van der Waals surface area (Å²) >= 11 is 1.82. The van der Waals surface area contributed by atoms with Crippen LogP contribution in [0.3, 0.4) is 0 Å². The van der Waals surface area contributed by atoms with Gasteiger partial charge < -0.3 is 0 Å². The van der Waals surface area contributed by atoms with Gasteiger partial charge in [-0.15, -0.1) is 11.3 Å². The molecule has 0 N–H and O–H groups in total. The monoisotopic (exact) mass is 818 g/mol. The van der Waals surface area contributed by atoms with Crippen molar-refractivity contribution in [3.05, 3.63) is 229 Å². The van der Waals surface area contributed by atoms with Gasteiger partial charge in [-0.25, -0.2) is 4.98 Å². The van der Waals surface area contributed by atoms with Crippen molar-refractivity contribution >= 4 is 53.3 Å². The summed E-state index contributed by atoms with van der Waals surface area (Å²) < 4.78 is 4.77. The largest absolute Gasteiger partial charge is 0.277 e. The fraction of sp³-hybridized carbons (Fsp3) is 0.0172. The molecule has 0 unspecified atom stereocenters. The van der Waals surface area contributed by atoms with E-state index >= 15 is 0 Å². The van der Waals surface area contributed by atoms with Crippen LogP contribution in [0.25, 0.3) is 104 Å². The zero-order chi connectivity index (χ0) is 41.2. The molecule has 14 rings (SSSR count). The summed E-state index contributed by atoms with van der Waals surface area (Å²) in [6.45, 7) is 0. The number of thiophene rings is 1. The Morgan fingerprint density at radius 2 is 0.968 bits per heavy atom. The Morgan fingerprint density at radius 1 is 0.381 bits per heavy atom. The second-order valence-electron chi connectivity index (χ2n) is 16.6. The quantitative estimate of drug-likeness (QED) is 0.178. The molecule has 0 bridgehead atoms. The Bertz CT molecular complexity index is 3820. The molecular formula is C58H34N4S. The van der Waals surface area contributed by atoms with Gasteiger partial charge in [0.1, 0.15) is 0 Å². The highest BCUT2D eigenvalue weighted by atomic mass is 32.1. The highest BCUT2D eigenvalue weighted by Gasteiger charge is 2.52. The summed E-state index contributed by atoms with van der Waals surface area (Å²) in [6.07, 6.45) is 0. The molecule has 1 spiro atoms. The minimum absolute atomic E-state index is 0.478. The first kappa shape index (κ1) is 34.7.